The number of rotatable bonds is 6. The highest BCUT2D eigenvalue weighted by atomic mass is 19.1. The Morgan fingerprint density at radius 1 is 1.07 bits per heavy atom. The summed E-state index contributed by atoms with van der Waals surface area (Å²) in [6, 6.07) is 12.3. The lowest BCUT2D eigenvalue weighted by Crippen LogP contribution is -2.06. The maximum atomic E-state index is 14.1. The fourth-order valence-electron chi connectivity index (χ4n) is 2.61. The zero-order valence-corrected chi connectivity index (χ0v) is 14.8. The average molecular weight is 398 g/mol. The van der Waals surface area contributed by atoms with Crippen LogP contribution in [-0.4, -0.2) is 16.1 Å². The smallest absolute Gasteiger partial charge is 0.308 e. The third-order valence-electron chi connectivity index (χ3n) is 4.05. The molecule has 8 heteroatoms. The molecule has 0 fully saturated rings. The van der Waals surface area contributed by atoms with E-state index in [4.69, 9.17) is 15.1 Å². The molecule has 0 atom stereocenters. The Morgan fingerprint density at radius 3 is 2.41 bits per heavy atom. The molecule has 0 aliphatic carbocycles. The van der Waals surface area contributed by atoms with Gasteiger partial charge in [-0.25, -0.2) is 18.2 Å². The molecule has 0 aliphatic rings. The van der Waals surface area contributed by atoms with Crippen LogP contribution in [0, 0.1) is 28.8 Å². The molecule has 146 valence electrons. The second-order valence-electron chi connectivity index (χ2n) is 6.06. The quantitative estimate of drug-likeness (QED) is 0.671. The van der Waals surface area contributed by atoms with E-state index in [9.17, 15) is 18.0 Å². The molecule has 3 rings (SSSR count). The van der Waals surface area contributed by atoms with Gasteiger partial charge in [-0.15, -0.1) is 0 Å². The molecular weight excluding hydrogens is 385 g/mol. The number of nitrogens with zero attached hydrogens (tertiary/aromatic N) is 2. The summed E-state index contributed by atoms with van der Waals surface area (Å²) in [5, 5.41) is 17.5. The molecule has 5 nitrogen and oxygen atoms in total. The van der Waals surface area contributed by atoms with Gasteiger partial charge in [0.15, 0.2) is 0 Å². The standard InChI is InChI=1S/C21H13F3N2O3/c22-16-6-12(10-25)4-5-13(16)11-29-20-3-1-2-19(26-20)14-7-17(23)15(9-21(27)28)18(24)8-14/h1-8H,9,11H2,(H,27,28). The highest BCUT2D eigenvalue weighted by Crippen LogP contribution is 2.25. The maximum absolute atomic E-state index is 14.1. The van der Waals surface area contributed by atoms with E-state index in [1.165, 1.54) is 24.3 Å². The average Bonchev–Trinajstić information content (AvgIpc) is 2.69. The summed E-state index contributed by atoms with van der Waals surface area (Å²) < 4.78 is 47.6. The normalized spacial score (nSPS) is 10.4. The summed E-state index contributed by atoms with van der Waals surface area (Å²) in [5.74, 6) is -3.83. The van der Waals surface area contributed by atoms with Gasteiger partial charge in [-0.2, -0.15) is 5.26 Å². The molecule has 0 amide bonds. The summed E-state index contributed by atoms with van der Waals surface area (Å²) in [4.78, 5) is 14.9. The Hall–Kier alpha value is -3.86. The highest BCUT2D eigenvalue weighted by molar-refractivity contribution is 5.71. The lowest BCUT2D eigenvalue weighted by Gasteiger charge is -2.10. The fraction of sp³-hybridized carbons (Fsp3) is 0.0952. The van der Waals surface area contributed by atoms with Gasteiger partial charge in [0, 0.05) is 22.8 Å². The second-order valence-corrected chi connectivity index (χ2v) is 6.06. The van der Waals surface area contributed by atoms with E-state index in [-0.39, 0.29) is 34.9 Å². The fourth-order valence-corrected chi connectivity index (χ4v) is 2.61. The number of aromatic nitrogens is 1. The first-order valence-electron chi connectivity index (χ1n) is 8.36. The summed E-state index contributed by atoms with van der Waals surface area (Å²) in [6.07, 6.45) is -0.773. The van der Waals surface area contributed by atoms with Crippen LogP contribution in [0.2, 0.25) is 0 Å². The van der Waals surface area contributed by atoms with Crippen molar-refractivity contribution in [1.29, 1.82) is 5.26 Å². The first-order valence-corrected chi connectivity index (χ1v) is 8.36. The number of hydrogen-bond donors (Lipinski definition) is 1. The molecule has 0 spiro atoms. The van der Waals surface area contributed by atoms with Crippen LogP contribution in [0.4, 0.5) is 13.2 Å². The molecule has 2 aromatic carbocycles. The second kappa shape index (κ2) is 8.44. The Morgan fingerprint density at radius 2 is 1.79 bits per heavy atom. The summed E-state index contributed by atoms with van der Waals surface area (Å²) >= 11 is 0. The van der Waals surface area contributed by atoms with Gasteiger partial charge in [-0.1, -0.05) is 12.1 Å². The highest BCUT2D eigenvalue weighted by Gasteiger charge is 2.16. The summed E-state index contributed by atoms with van der Waals surface area (Å²) in [5.41, 5.74) is 0.157. The van der Waals surface area contributed by atoms with Crippen LogP contribution in [0.15, 0.2) is 48.5 Å². The molecular formula is C21H13F3N2O3. The zero-order valence-electron chi connectivity index (χ0n) is 14.8. The van der Waals surface area contributed by atoms with Gasteiger partial charge < -0.3 is 9.84 Å². The molecule has 29 heavy (non-hydrogen) atoms. The molecule has 1 N–H and O–H groups in total. The number of benzene rings is 2. The van der Waals surface area contributed by atoms with Gasteiger partial charge in [-0.05, 0) is 30.3 Å². The van der Waals surface area contributed by atoms with Crippen LogP contribution in [0.1, 0.15) is 16.7 Å². The number of carboxylic acid groups (broad SMARTS) is 1. The Labute approximate surface area is 163 Å². The van der Waals surface area contributed by atoms with Gasteiger partial charge in [0.25, 0.3) is 0 Å². The van der Waals surface area contributed by atoms with Crippen molar-refractivity contribution < 1.29 is 27.8 Å². The van der Waals surface area contributed by atoms with E-state index in [1.54, 1.807) is 6.07 Å². The van der Waals surface area contributed by atoms with Crippen LogP contribution < -0.4 is 4.74 Å². The van der Waals surface area contributed by atoms with Crippen molar-refractivity contribution >= 4 is 5.97 Å². The van der Waals surface area contributed by atoms with Gasteiger partial charge in [0.2, 0.25) is 5.88 Å². The first kappa shape index (κ1) is 19.9. The predicted molar refractivity (Wildman–Crippen MR) is 96.4 cm³/mol. The lowest BCUT2D eigenvalue weighted by molar-refractivity contribution is -0.136. The van der Waals surface area contributed by atoms with Crippen LogP contribution in [0.3, 0.4) is 0 Å². The minimum Gasteiger partial charge on any atom is -0.481 e. The van der Waals surface area contributed by atoms with E-state index >= 15 is 0 Å². The monoisotopic (exact) mass is 398 g/mol. The Kier molecular flexibility index (Phi) is 5.79. The van der Waals surface area contributed by atoms with Crippen molar-refractivity contribution in [2.24, 2.45) is 0 Å². The van der Waals surface area contributed by atoms with Crippen LogP contribution in [0.25, 0.3) is 11.3 Å². The third-order valence-corrected chi connectivity index (χ3v) is 4.05. The molecule has 3 aromatic rings. The van der Waals surface area contributed by atoms with E-state index in [1.807, 2.05) is 6.07 Å². The van der Waals surface area contributed by atoms with Crippen molar-refractivity contribution in [2.75, 3.05) is 0 Å². The summed E-state index contributed by atoms with van der Waals surface area (Å²) in [6.45, 7) is -0.158. The largest absolute Gasteiger partial charge is 0.481 e. The Balaban J connectivity index is 1.81. The van der Waals surface area contributed by atoms with Gasteiger partial charge in [0.05, 0.1) is 23.7 Å². The van der Waals surface area contributed by atoms with E-state index in [0.717, 1.165) is 18.2 Å². The first-order chi connectivity index (χ1) is 13.9. The number of pyridine rings is 1. The molecule has 0 radical (unpaired) electrons. The molecule has 0 aliphatic heterocycles. The lowest BCUT2D eigenvalue weighted by atomic mass is 10.0. The van der Waals surface area contributed by atoms with Crippen molar-refractivity contribution in [2.45, 2.75) is 13.0 Å². The van der Waals surface area contributed by atoms with Crippen molar-refractivity contribution in [1.82, 2.24) is 4.98 Å². The Bertz CT molecular complexity index is 1100. The van der Waals surface area contributed by atoms with E-state index in [0.29, 0.717) is 0 Å². The van der Waals surface area contributed by atoms with Crippen LogP contribution in [-0.2, 0) is 17.8 Å². The number of ether oxygens (including phenoxy) is 1. The molecule has 0 saturated heterocycles. The van der Waals surface area contributed by atoms with E-state index < -0.39 is 35.4 Å². The predicted octanol–water partition coefficient (Wildman–Crippen LogP) is 4.24. The minimum atomic E-state index is -1.35. The number of carbonyl (C=O) groups is 1. The van der Waals surface area contributed by atoms with Gasteiger partial charge in [0.1, 0.15) is 24.1 Å². The van der Waals surface area contributed by atoms with Crippen molar-refractivity contribution in [3.05, 3.63) is 82.7 Å². The van der Waals surface area contributed by atoms with Crippen molar-refractivity contribution in [3.8, 4) is 23.2 Å². The molecule has 0 saturated carbocycles. The van der Waals surface area contributed by atoms with Crippen molar-refractivity contribution in [3.63, 3.8) is 0 Å². The number of hydrogen-bond acceptors (Lipinski definition) is 4. The number of nitriles is 1. The SMILES string of the molecule is N#Cc1ccc(COc2cccc(-c3cc(F)c(CC(=O)O)c(F)c3)n2)c(F)c1. The molecule has 1 aromatic heterocycles. The van der Waals surface area contributed by atoms with Crippen LogP contribution in [0.5, 0.6) is 5.88 Å². The van der Waals surface area contributed by atoms with E-state index in [2.05, 4.69) is 4.98 Å². The van der Waals surface area contributed by atoms with Crippen LogP contribution >= 0.6 is 0 Å². The molecule has 0 unspecified atom stereocenters. The number of carboxylic acids is 1. The molecule has 0 bridgehead atoms. The molecule has 1 heterocycles. The van der Waals surface area contributed by atoms with Gasteiger partial charge >= 0.3 is 5.97 Å². The number of aliphatic carboxylic acids is 1. The maximum Gasteiger partial charge on any atom is 0.308 e. The number of halogens is 3. The summed E-state index contributed by atoms with van der Waals surface area (Å²) in [7, 11) is 0. The topological polar surface area (TPSA) is 83.2 Å². The third kappa shape index (κ3) is 4.71. The minimum absolute atomic E-state index is 0.0988. The zero-order chi connectivity index (χ0) is 21.0. The van der Waals surface area contributed by atoms with Gasteiger partial charge in [-0.3, -0.25) is 4.79 Å².